The molecule has 4 nitrogen and oxygen atoms in total. The van der Waals surface area contributed by atoms with E-state index in [-0.39, 0.29) is 0 Å². The van der Waals surface area contributed by atoms with Crippen molar-refractivity contribution in [1.29, 1.82) is 0 Å². The van der Waals surface area contributed by atoms with Gasteiger partial charge in [-0.2, -0.15) is 5.10 Å². The normalized spacial score (nSPS) is 14.2. The zero-order chi connectivity index (χ0) is 13.4. The monoisotopic (exact) mass is 251 g/mol. The summed E-state index contributed by atoms with van der Waals surface area (Å²) in [4.78, 5) is 0. The molecule has 0 aliphatic carbocycles. The zero-order valence-electron chi connectivity index (χ0n) is 11.9. The van der Waals surface area contributed by atoms with Crippen molar-refractivity contribution in [1.82, 2.24) is 15.5 Å². The molecule has 0 aliphatic rings. The number of aromatic nitrogens is 2. The van der Waals surface area contributed by atoms with E-state index >= 15 is 0 Å². The Morgan fingerprint density at radius 3 is 2.56 bits per heavy atom. The van der Waals surface area contributed by atoms with Crippen molar-refractivity contribution in [2.45, 2.75) is 46.1 Å². The van der Waals surface area contributed by atoms with Crippen LogP contribution in [-0.4, -0.2) is 23.9 Å². The molecule has 1 heterocycles. The van der Waals surface area contributed by atoms with Crippen LogP contribution in [0.3, 0.4) is 0 Å². The van der Waals surface area contributed by atoms with Crippen LogP contribution in [-0.2, 0) is 0 Å². The lowest BCUT2D eigenvalue weighted by atomic mass is 9.97. The third kappa shape index (κ3) is 4.61. The van der Waals surface area contributed by atoms with Crippen molar-refractivity contribution in [3.63, 3.8) is 0 Å². The highest BCUT2D eigenvalue weighted by Gasteiger charge is 2.15. The van der Waals surface area contributed by atoms with E-state index in [0.29, 0.717) is 17.8 Å². The fourth-order valence-electron chi connectivity index (χ4n) is 1.82. The van der Waals surface area contributed by atoms with Crippen LogP contribution in [0.25, 0.3) is 0 Å². The molecule has 0 radical (unpaired) electrons. The minimum absolute atomic E-state index is 0.290. The highest BCUT2D eigenvalue weighted by Crippen LogP contribution is 2.22. The fourth-order valence-corrected chi connectivity index (χ4v) is 1.82. The predicted octanol–water partition coefficient (Wildman–Crippen LogP) is 2.96. The second-order valence-corrected chi connectivity index (χ2v) is 4.76. The van der Waals surface area contributed by atoms with Gasteiger partial charge in [0.2, 0.25) is 5.88 Å². The molecule has 2 atom stereocenters. The van der Waals surface area contributed by atoms with Gasteiger partial charge in [0, 0.05) is 6.07 Å². The van der Waals surface area contributed by atoms with Gasteiger partial charge in [0.15, 0.2) is 0 Å². The SMILES string of the molecule is CCCNC(CC(C)CC)c1ccc(OC)nn1. The molecule has 0 amide bonds. The Hall–Kier alpha value is -1.16. The van der Waals surface area contributed by atoms with Crippen molar-refractivity contribution in [3.05, 3.63) is 17.8 Å². The van der Waals surface area contributed by atoms with E-state index in [4.69, 9.17) is 4.74 Å². The number of nitrogens with zero attached hydrogens (tertiary/aromatic N) is 2. The maximum absolute atomic E-state index is 5.04. The van der Waals surface area contributed by atoms with E-state index in [0.717, 1.165) is 25.1 Å². The number of rotatable bonds is 8. The first-order valence-electron chi connectivity index (χ1n) is 6.82. The summed E-state index contributed by atoms with van der Waals surface area (Å²) in [5.41, 5.74) is 1.00. The minimum Gasteiger partial charge on any atom is -0.480 e. The summed E-state index contributed by atoms with van der Waals surface area (Å²) in [6.07, 6.45) is 3.41. The quantitative estimate of drug-likeness (QED) is 0.771. The summed E-state index contributed by atoms with van der Waals surface area (Å²) in [6.45, 7) is 7.68. The van der Waals surface area contributed by atoms with E-state index in [2.05, 4.69) is 36.3 Å². The van der Waals surface area contributed by atoms with Crippen molar-refractivity contribution < 1.29 is 4.74 Å². The summed E-state index contributed by atoms with van der Waals surface area (Å²) >= 11 is 0. The summed E-state index contributed by atoms with van der Waals surface area (Å²) < 4.78 is 5.04. The van der Waals surface area contributed by atoms with E-state index < -0.39 is 0 Å². The molecule has 1 rings (SSSR count). The Bertz CT molecular complexity index is 326. The molecule has 1 aromatic rings. The standard InChI is InChI=1S/C14H25N3O/c1-5-9-15-13(10-11(3)6-2)12-7-8-14(18-4)17-16-12/h7-8,11,13,15H,5-6,9-10H2,1-4H3. The highest BCUT2D eigenvalue weighted by molar-refractivity contribution is 5.14. The summed E-state index contributed by atoms with van der Waals surface area (Å²) in [7, 11) is 1.61. The van der Waals surface area contributed by atoms with Gasteiger partial charge < -0.3 is 10.1 Å². The number of hydrogen-bond acceptors (Lipinski definition) is 4. The van der Waals surface area contributed by atoms with Crippen LogP contribution in [0.4, 0.5) is 0 Å². The first kappa shape index (κ1) is 14.9. The minimum atomic E-state index is 0.290. The van der Waals surface area contributed by atoms with E-state index in [1.54, 1.807) is 7.11 Å². The molecule has 0 bridgehead atoms. The van der Waals surface area contributed by atoms with Gasteiger partial charge in [-0.15, -0.1) is 5.10 Å². The zero-order valence-corrected chi connectivity index (χ0v) is 11.9. The average molecular weight is 251 g/mol. The van der Waals surface area contributed by atoms with Crippen LogP contribution in [0, 0.1) is 5.92 Å². The van der Waals surface area contributed by atoms with Gasteiger partial charge in [-0.3, -0.25) is 0 Å². The molecule has 0 fully saturated rings. The number of ether oxygens (including phenoxy) is 1. The second-order valence-electron chi connectivity index (χ2n) is 4.76. The first-order chi connectivity index (χ1) is 8.71. The molecule has 102 valence electrons. The van der Waals surface area contributed by atoms with Crippen molar-refractivity contribution in [2.24, 2.45) is 5.92 Å². The predicted molar refractivity (Wildman–Crippen MR) is 73.7 cm³/mol. The van der Waals surface area contributed by atoms with E-state index in [9.17, 15) is 0 Å². The first-order valence-corrected chi connectivity index (χ1v) is 6.82. The largest absolute Gasteiger partial charge is 0.480 e. The van der Waals surface area contributed by atoms with Crippen molar-refractivity contribution >= 4 is 0 Å². The molecule has 1 N–H and O–H groups in total. The molecular formula is C14H25N3O. The summed E-state index contributed by atoms with van der Waals surface area (Å²) in [5.74, 6) is 1.25. The fraction of sp³-hybridized carbons (Fsp3) is 0.714. The van der Waals surface area contributed by atoms with Crippen LogP contribution < -0.4 is 10.1 Å². The van der Waals surface area contributed by atoms with Crippen LogP contribution in [0.1, 0.15) is 51.8 Å². The Balaban J connectivity index is 2.72. The summed E-state index contributed by atoms with van der Waals surface area (Å²) in [6, 6.07) is 4.17. The molecule has 4 heteroatoms. The van der Waals surface area contributed by atoms with Gasteiger partial charge in [0.25, 0.3) is 0 Å². The topological polar surface area (TPSA) is 47.0 Å². The van der Waals surface area contributed by atoms with Gasteiger partial charge in [0.1, 0.15) is 0 Å². The Morgan fingerprint density at radius 2 is 2.06 bits per heavy atom. The number of hydrogen-bond donors (Lipinski definition) is 1. The van der Waals surface area contributed by atoms with Crippen molar-refractivity contribution in [3.8, 4) is 5.88 Å². The molecule has 2 unspecified atom stereocenters. The van der Waals surface area contributed by atoms with Crippen molar-refractivity contribution in [2.75, 3.05) is 13.7 Å². The third-order valence-electron chi connectivity index (χ3n) is 3.20. The molecule has 1 aromatic heterocycles. The van der Waals surface area contributed by atoms with Gasteiger partial charge in [-0.05, 0) is 31.4 Å². The lowest BCUT2D eigenvalue weighted by Gasteiger charge is -2.20. The number of nitrogens with one attached hydrogen (secondary N) is 1. The Kier molecular flexibility index (Phi) is 6.65. The lowest BCUT2D eigenvalue weighted by molar-refractivity contribution is 0.377. The molecule has 0 aromatic carbocycles. The second kappa shape index (κ2) is 8.03. The van der Waals surface area contributed by atoms with Gasteiger partial charge >= 0.3 is 0 Å². The third-order valence-corrected chi connectivity index (χ3v) is 3.20. The molecule has 18 heavy (non-hydrogen) atoms. The van der Waals surface area contributed by atoms with Crippen LogP contribution >= 0.6 is 0 Å². The Morgan fingerprint density at radius 1 is 1.28 bits per heavy atom. The molecule has 0 spiro atoms. The Labute approximate surface area is 110 Å². The maximum Gasteiger partial charge on any atom is 0.233 e. The molecule has 0 saturated carbocycles. The smallest absolute Gasteiger partial charge is 0.233 e. The number of methoxy groups -OCH3 is 1. The molecule has 0 saturated heterocycles. The molecular weight excluding hydrogens is 226 g/mol. The van der Waals surface area contributed by atoms with Crippen LogP contribution in [0.5, 0.6) is 5.88 Å². The van der Waals surface area contributed by atoms with Gasteiger partial charge in [0.05, 0.1) is 18.8 Å². The maximum atomic E-state index is 5.04. The molecule has 0 aliphatic heterocycles. The highest BCUT2D eigenvalue weighted by atomic mass is 16.5. The van der Waals surface area contributed by atoms with Crippen LogP contribution in [0.2, 0.25) is 0 Å². The van der Waals surface area contributed by atoms with E-state index in [1.165, 1.54) is 6.42 Å². The van der Waals surface area contributed by atoms with E-state index in [1.807, 2.05) is 12.1 Å². The van der Waals surface area contributed by atoms with Gasteiger partial charge in [-0.1, -0.05) is 27.2 Å². The lowest BCUT2D eigenvalue weighted by Crippen LogP contribution is -2.25. The average Bonchev–Trinajstić information content (AvgIpc) is 2.43. The summed E-state index contributed by atoms with van der Waals surface area (Å²) in [5, 5.41) is 11.8. The van der Waals surface area contributed by atoms with Crippen LogP contribution in [0.15, 0.2) is 12.1 Å². The van der Waals surface area contributed by atoms with Gasteiger partial charge in [-0.25, -0.2) is 0 Å².